The van der Waals surface area contributed by atoms with Gasteiger partial charge in [-0.25, -0.2) is 21.8 Å². The molecule has 0 aliphatic rings. The fourth-order valence-electron chi connectivity index (χ4n) is 0.460. The number of hydrogen-bond donors (Lipinski definition) is 1. The molecule has 0 aliphatic heterocycles. The Morgan fingerprint density at radius 3 is 1.83 bits per heavy atom. The summed E-state index contributed by atoms with van der Waals surface area (Å²) >= 11 is -3.03. The van der Waals surface area contributed by atoms with E-state index in [2.05, 4.69) is 0 Å². The van der Waals surface area contributed by atoms with Gasteiger partial charge < -0.3 is 4.55 Å². The molecule has 0 saturated carbocycles. The van der Waals surface area contributed by atoms with Crippen molar-refractivity contribution in [2.75, 3.05) is 6.67 Å². The summed E-state index contributed by atoms with van der Waals surface area (Å²) in [7, 11) is 0. The maximum atomic E-state index is 12.1. The average molecular weight is 218 g/mol. The van der Waals surface area contributed by atoms with Crippen molar-refractivity contribution in [1.82, 2.24) is 0 Å². The van der Waals surface area contributed by atoms with Crippen LogP contribution in [-0.4, -0.2) is 62.8 Å². The maximum absolute atomic E-state index is 12.1. The van der Waals surface area contributed by atoms with Crippen molar-refractivity contribution in [2.24, 2.45) is 0 Å². The van der Waals surface area contributed by atoms with Gasteiger partial charge in [0.05, 0.1) is 0 Å². The van der Waals surface area contributed by atoms with Gasteiger partial charge in [-0.15, -0.1) is 0 Å². The summed E-state index contributed by atoms with van der Waals surface area (Å²) in [4.78, 5) is 0. The van der Waals surface area contributed by atoms with E-state index in [9.17, 15) is 21.8 Å². The molecule has 1 N–H and O–H groups in total. The topological polar surface area (TPSA) is 37.3 Å². The van der Waals surface area contributed by atoms with E-state index in [4.69, 9.17) is 4.55 Å². The summed E-state index contributed by atoms with van der Waals surface area (Å²) in [5, 5.41) is -2.44. The van der Waals surface area contributed by atoms with Gasteiger partial charge in [-0.1, -0.05) is 0 Å². The van der Waals surface area contributed by atoms with Crippen molar-refractivity contribution >= 4 is 40.6 Å². The predicted octanol–water partition coefficient (Wildman–Crippen LogP) is 0.501. The first-order valence-electron chi connectivity index (χ1n) is 2.58. The molecule has 0 rings (SSSR count). The van der Waals surface area contributed by atoms with Crippen LogP contribution >= 0.6 is 0 Å². The van der Waals surface area contributed by atoms with Gasteiger partial charge in [-0.05, 0) is 0 Å². The summed E-state index contributed by atoms with van der Waals surface area (Å²) in [6, 6.07) is 0. The van der Waals surface area contributed by atoms with Crippen LogP contribution in [0.25, 0.3) is 0 Å². The fourth-order valence-corrected chi connectivity index (χ4v) is 0.961. The van der Waals surface area contributed by atoms with Crippen LogP contribution in [0.15, 0.2) is 0 Å². The van der Waals surface area contributed by atoms with Gasteiger partial charge in [0, 0.05) is 0 Å². The van der Waals surface area contributed by atoms with Gasteiger partial charge >= 0.3 is 29.6 Å². The quantitative estimate of drug-likeness (QED) is 0.424. The van der Waals surface area contributed by atoms with Crippen molar-refractivity contribution in [2.45, 2.75) is 17.8 Å². The summed E-state index contributed by atoms with van der Waals surface area (Å²) in [6.07, 6.45) is -5.91. The molecule has 70 valence electrons. The van der Waals surface area contributed by atoms with Crippen LogP contribution in [0.4, 0.5) is 17.6 Å². The SMILES string of the molecule is O=S(O)C(C(F)F)C(F)CF.[NaH]. The van der Waals surface area contributed by atoms with E-state index >= 15 is 0 Å². The average Bonchev–Trinajstić information content (AvgIpc) is 1.85. The molecule has 0 amide bonds. The van der Waals surface area contributed by atoms with E-state index in [0.29, 0.717) is 0 Å². The molecule has 0 aliphatic carbocycles. The van der Waals surface area contributed by atoms with Gasteiger partial charge in [0.25, 0.3) is 6.43 Å². The summed E-state index contributed by atoms with van der Waals surface area (Å²) < 4.78 is 64.8. The number of alkyl halides is 4. The molecule has 3 unspecified atom stereocenters. The minimum atomic E-state index is -3.33. The minimum absolute atomic E-state index is 0. The molecule has 0 saturated heterocycles. The Bertz CT molecular complexity index is 147. The van der Waals surface area contributed by atoms with E-state index in [1.54, 1.807) is 0 Å². The molecule has 0 aromatic rings. The number of rotatable bonds is 4. The van der Waals surface area contributed by atoms with Gasteiger partial charge in [0.1, 0.15) is 6.67 Å². The Kier molecular flexibility index (Phi) is 9.25. The Morgan fingerprint density at radius 1 is 1.33 bits per heavy atom. The van der Waals surface area contributed by atoms with Crippen LogP contribution in [-0.2, 0) is 11.1 Å². The zero-order valence-corrected chi connectivity index (χ0v) is 6.03. The molecule has 0 spiro atoms. The van der Waals surface area contributed by atoms with Crippen molar-refractivity contribution in [3.05, 3.63) is 0 Å². The standard InChI is InChI=1S/C4H6F4O2S.Na.H/c5-1-2(6)3(4(7)8)11(9)10;;/h2-4H,1H2,(H,9,10);;. The van der Waals surface area contributed by atoms with Crippen LogP contribution < -0.4 is 0 Å². The first-order chi connectivity index (χ1) is 5.00. The molecule has 0 aromatic heterocycles. The Balaban J connectivity index is 0. The molecular formula is C4H7F4NaO2S. The van der Waals surface area contributed by atoms with Crippen molar-refractivity contribution in [1.29, 1.82) is 0 Å². The summed E-state index contributed by atoms with van der Waals surface area (Å²) in [5.74, 6) is 0. The summed E-state index contributed by atoms with van der Waals surface area (Å²) in [5.41, 5.74) is 0. The summed E-state index contributed by atoms with van der Waals surface area (Å²) in [6.45, 7) is -1.68. The zero-order chi connectivity index (χ0) is 9.02. The predicted molar refractivity (Wildman–Crippen MR) is 38.6 cm³/mol. The second kappa shape index (κ2) is 7.25. The van der Waals surface area contributed by atoms with Gasteiger partial charge in [-0.2, -0.15) is 0 Å². The molecule has 0 radical (unpaired) electrons. The normalized spacial score (nSPS) is 18.2. The molecule has 3 atom stereocenters. The third-order valence-corrected chi connectivity index (χ3v) is 1.95. The van der Waals surface area contributed by atoms with E-state index in [1.807, 2.05) is 0 Å². The van der Waals surface area contributed by atoms with Gasteiger partial charge in [0.2, 0.25) is 0 Å². The number of halogens is 4. The van der Waals surface area contributed by atoms with E-state index in [0.717, 1.165) is 0 Å². The Morgan fingerprint density at radius 2 is 1.75 bits per heavy atom. The van der Waals surface area contributed by atoms with Crippen molar-refractivity contribution in [3.63, 3.8) is 0 Å². The molecular weight excluding hydrogens is 211 g/mol. The van der Waals surface area contributed by atoms with Crippen LogP contribution in [0.5, 0.6) is 0 Å². The molecule has 8 heteroatoms. The molecule has 0 heterocycles. The molecule has 0 bridgehead atoms. The van der Waals surface area contributed by atoms with Crippen LogP contribution in [0.1, 0.15) is 0 Å². The molecule has 12 heavy (non-hydrogen) atoms. The first kappa shape index (κ1) is 15.3. The first-order valence-corrected chi connectivity index (χ1v) is 3.75. The Labute approximate surface area is 91.3 Å². The van der Waals surface area contributed by atoms with Crippen LogP contribution in [0.2, 0.25) is 0 Å². The third-order valence-electron chi connectivity index (χ3n) is 0.985. The van der Waals surface area contributed by atoms with Crippen molar-refractivity contribution < 1.29 is 26.3 Å². The molecule has 0 aromatic carbocycles. The zero-order valence-electron chi connectivity index (χ0n) is 5.21. The fraction of sp³-hybridized carbons (Fsp3) is 1.00. The van der Waals surface area contributed by atoms with Gasteiger partial charge in [-0.3, -0.25) is 0 Å². The monoisotopic (exact) mass is 218 g/mol. The van der Waals surface area contributed by atoms with Crippen molar-refractivity contribution in [3.8, 4) is 0 Å². The number of hydrogen-bond acceptors (Lipinski definition) is 1. The van der Waals surface area contributed by atoms with Crippen LogP contribution in [0.3, 0.4) is 0 Å². The second-order valence-corrected chi connectivity index (χ2v) is 2.84. The van der Waals surface area contributed by atoms with Gasteiger partial charge in [0.15, 0.2) is 22.5 Å². The van der Waals surface area contributed by atoms with E-state index < -0.39 is 35.6 Å². The molecule has 2 nitrogen and oxygen atoms in total. The second-order valence-electron chi connectivity index (χ2n) is 1.75. The Hall–Kier alpha value is 0.830. The third kappa shape index (κ3) is 4.76. The van der Waals surface area contributed by atoms with E-state index in [1.165, 1.54) is 0 Å². The van der Waals surface area contributed by atoms with Crippen LogP contribution in [0, 0.1) is 0 Å². The molecule has 0 fully saturated rings. The van der Waals surface area contributed by atoms with E-state index in [-0.39, 0.29) is 29.6 Å².